The molecule has 0 unspecified atom stereocenters. The van der Waals surface area contributed by atoms with Crippen LogP contribution >= 0.6 is 11.6 Å². The Morgan fingerprint density at radius 1 is 1.00 bits per heavy atom. The van der Waals surface area contributed by atoms with Gasteiger partial charge in [-0.25, -0.2) is 8.42 Å². The van der Waals surface area contributed by atoms with E-state index in [-0.39, 0.29) is 34.3 Å². The molecule has 0 heterocycles. The third-order valence-electron chi connectivity index (χ3n) is 4.49. The molecule has 2 N–H and O–H groups in total. The van der Waals surface area contributed by atoms with Crippen molar-refractivity contribution < 1.29 is 22.7 Å². The van der Waals surface area contributed by atoms with Gasteiger partial charge in [0.15, 0.2) is 0 Å². The Hall–Kier alpha value is -3.23. The second kappa shape index (κ2) is 10.4. The summed E-state index contributed by atoms with van der Waals surface area (Å²) >= 11 is 6.16. The zero-order valence-corrected chi connectivity index (χ0v) is 19.2. The second-order valence-corrected chi connectivity index (χ2v) is 8.99. The van der Waals surface area contributed by atoms with Crippen LogP contribution in [0.25, 0.3) is 0 Å². The molecule has 7 nitrogen and oxygen atoms in total. The zero-order chi connectivity index (χ0) is 23.1. The predicted octanol–water partition coefficient (Wildman–Crippen LogP) is 4.27. The number of benzene rings is 3. The maximum Gasteiger partial charge on any atom is 0.261 e. The Kier molecular flexibility index (Phi) is 7.61. The SMILES string of the molecule is COc1cccc(OCCNC(=O)c2cc(NS(=O)(=O)c3ccc(C)cc3)ccc2Cl)c1. The standard InChI is InChI=1S/C23H23ClN2O5S/c1-16-6-9-20(10-7-16)32(28,29)26-17-8-11-22(24)21(14-17)23(27)25-12-13-31-19-5-3-4-18(15-19)30-2/h3-11,14-15,26H,12-13H2,1-2H3,(H,25,27). The number of aryl methyl sites for hydroxylation is 1. The minimum absolute atomic E-state index is 0.124. The van der Waals surface area contributed by atoms with Gasteiger partial charge in [-0.3, -0.25) is 9.52 Å². The molecular weight excluding hydrogens is 452 g/mol. The Morgan fingerprint density at radius 3 is 2.44 bits per heavy atom. The van der Waals surface area contributed by atoms with Gasteiger partial charge in [-0.05, 0) is 49.4 Å². The van der Waals surface area contributed by atoms with E-state index in [1.165, 1.54) is 30.3 Å². The van der Waals surface area contributed by atoms with Gasteiger partial charge in [-0.15, -0.1) is 0 Å². The van der Waals surface area contributed by atoms with E-state index < -0.39 is 15.9 Å². The number of anilines is 1. The van der Waals surface area contributed by atoms with E-state index in [1.807, 2.05) is 6.92 Å². The van der Waals surface area contributed by atoms with E-state index in [4.69, 9.17) is 21.1 Å². The summed E-state index contributed by atoms with van der Waals surface area (Å²) in [5.74, 6) is 0.841. The summed E-state index contributed by atoms with van der Waals surface area (Å²) < 4.78 is 38.4. The molecule has 168 valence electrons. The van der Waals surface area contributed by atoms with Gasteiger partial charge in [-0.2, -0.15) is 0 Å². The first-order valence-electron chi connectivity index (χ1n) is 9.72. The van der Waals surface area contributed by atoms with Gasteiger partial charge in [0.05, 0.1) is 29.1 Å². The molecule has 0 aliphatic rings. The molecule has 9 heteroatoms. The number of amides is 1. The third kappa shape index (κ3) is 6.15. The summed E-state index contributed by atoms with van der Waals surface area (Å²) in [6, 6.07) is 17.9. The number of halogens is 1. The van der Waals surface area contributed by atoms with Crippen LogP contribution < -0.4 is 19.5 Å². The molecule has 0 saturated heterocycles. The first kappa shape index (κ1) is 23.4. The summed E-state index contributed by atoms with van der Waals surface area (Å²) in [4.78, 5) is 12.7. The third-order valence-corrected chi connectivity index (χ3v) is 6.22. The number of hydrogen-bond acceptors (Lipinski definition) is 5. The van der Waals surface area contributed by atoms with E-state index in [1.54, 1.807) is 43.5 Å². The van der Waals surface area contributed by atoms with Crippen LogP contribution in [0.1, 0.15) is 15.9 Å². The topological polar surface area (TPSA) is 93.7 Å². The average molecular weight is 475 g/mol. The van der Waals surface area contributed by atoms with Crippen molar-refractivity contribution in [2.75, 3.05) is 25.0 Å². The van der Waals surface area contributed by atoms with Crippen molar-refractivity contribution in [1.29, 1.82) is 0 Å². The number of sulfonamides is 1. The Labute approximate surface area is 192 Å². The molecule has 0 fully saturated rings. The molecule has 3 aromatic rings. The summed E-state index contributed by atoms with van der Waals surface area (Å²) in [5, 5.41) is 2.91. The molecule has 0 saturated carbocycles. The lowest BCUT2D eigenvalue weighted by Gasteiger charge is -2.12. The van der Waals surface area contributed by atoms with Crippen LogP contribution in [0.15, 0.2) is 71.6 Å². The number of rotatable bonds is 9. The molecule has 0 aliphatic carbocycles. The largest absolute Gasteiger partial charge is 0.497 e. The summed E-state index contributed by atoms with van der Waals surface area (Å²) in [7, 11) is -2.23. The van der Waals surface area contributed by atoms with Crippen LogP contribution in [-0.4, -0.2) is 34.6 Å². The predicted molar refractivity (Wildman–Crippen MR) is 124 cm³/mol. The number of methoxy groups -OCH3 is 1. The van der Waals surface area contributed by atoms with Crippen molar-refractivity contribution in [3.63, 3.8) is 0 Å². The molecular formula is C23H23ClN2O5S. The summed E-state index contributed by atoms with van der Waals surface area (Å²) in [6.45, 7) is 2.33. The molecule has 0 aromatic heterocycles. The van der Waals surface area contributed by atoms with Crippen molar-refractivity contribution in [2.45, 2.75) is 11.8 Å². The lowest BCUT2D eigenvalue weighted by molar-refractivity contribution is 0.0947. The van der Waals surface area contributed by atoms with E-state index in [2.05, 4.69) is 10.0 Å². The van der Waals surface area contributed by atoms with Crippen molar-refractivity contribution >= 4 is 33.2 Å². The normalized spacial score (nSPS) is 11.0. The number of carbonyl (C=O) groups excluding carboxylic acids is 1. The Bertz CT molecular complexity index is 1200. The molecule has 1 amide bonds. The second-order valence-electron chi connectivity index (χ2n) is 6.90. The highest BCUT2D eigenvalue weighted by atomic mass is 35.5. The molecule has 0 radical (unpaired) electrons. The van der Waals surface area contributed by atoms with Crippen LogP contribution in [-0.2, 0) is 10.0 Å². The first-order chi connectivity index (χ1) is 15.3. The fraction of sp³-hybridized carbons (Fsp3) is 0.174. The summed E-state index contributed by atoms with van der Waals surface area (Å²) in [5.41, 5.74) is 1.33. The minimum atomic E-state index is -3.80. The monoisotopic (exact) mass is 474 g/mol. The van der Waals surface area contributed by atoms with Crippen LogP contribution in [0, 0.1) is 6.92 Å². The molecule has 3 aromatic carbocycles. The van der Waals surface area contributed by atoms with Gasteiger partial charge in [-0.1, -0.05) is 35.4 Å². The van der Waals surface area contributed by atoms with Gasteiger partial charge in [0, 0.05) is 11.8 Å². The molecule has 0 aliphatic heterocycles. The van der Waals surface area contributed by atoms with Gasteiger partial charge >= 0.3 is 0 Å². The van der Waals surface area contributed by atoms with E-state index in [9.17, 15) is 13.2 Å². The highest BCUT2D eigenvalue weighted by Crippen LogP contribution is 2.23. The molecule has 0 atom stereocenters. The number of nitrogens with one attached hydrogen (secondary N) is 2. The fourth-order valence-electron chi connectivity index (χ4n) is 2.81. The maximum atomic E-state index is 12.6. The Morgan fingerprint density at radius 2 is 1.72 bits per heavy atom. The average Bonchev–Trinajstić information content (AvgIpc) is 2.78. The van der Waals surface area contributed by atoms with E-state index in [0.29, 0.717) is 11.5 Å². The number of hydrogen-bond donors (Lipinski definition) is 2. The number of carbonyl (C=O) groups is 1. The first-order valence-corrected chi connectivity index (χ1v) is 11.6. The van der Waals surface area contributed by atoms with E-state index in [0.717, 1.165) is 5.56 Å². The smallest absolute Gasteiger partial charge is 0.261 e. The summed E-state index contributed by atoms with van der Waals surface area (Å²) in [6.07, 6.45) is 0. The van der Waals surface area contributed by atoms with Crippen molar-refractivity contribution in [3.8, 4) is 11.5 Å². The van der Waals surface area contributed by atoms with Gasteiger partial charge in [0.2, 0.25) is 0 Å². The molecule has 32 heavy (non-hydrogen) atoms. The lowest BCUT2D eigenvalue weighted by Crippen LogP contribution is -2.28. The van der Waals surface area contributed by atoms with Crippen molar-refractivity contribution in [3.05, 3.63) is 82.9 Å². The molecule has 0 spiro atoms. The highest BCUT2D eigenvalue weighted by Gasteiger charge is 2.16. The van der Waals surface area contributed by atoms with Crippen LogP contribution in [0.2, 0.25) is 5.02 Å². The quantitative estimate of drug-likeness (QED) is 0.452. The number of ether oxygens (including phenoxy) is 2. The van der Waals surface area contributed by atoms with Crippen LogP contribution in [0.4, 0.5) is 5.69 Å². The fourth-order valence-corrected chi connectivity index (χ4v) is 4.07. The van der Waals surface area contributed by atoms with Gasteiger partial charge in [0.1, 0.15) is 18.1 Å². The van der Waals surface area contributed by atoms with Gasteiger partial charge in [0.25, 0.3) is 15.9 Å². The maximum absolute atomic E-state index is 12.6. The van der Waals surface area contributed by atoms with Crippen LogP contribution in [0.5, 0.6) is 11.5 Å². The van der Waals surface area contributed by atoms with Crippen molar-refractivity contribution in [1.82, 2.24) is 5.32 Å². The zero-order valence-electron chi connectivity index (χ0n) is 17.6. The van der Waals surface area contributed by atoms with Gasteiger partial charge < -0.3 is 14.8 Å². The minimum Gasteiger partial charge on any atom is -0.497 e. The molecule has 3 rings (SSSR count). The lowest BCUT2D eigenvalue weighted by atomic mass is 10.2. The van der Waals surface area contributed by atoms with Crippen LogP contribution in [0.3, 0.4) is 0 Å². The van der Waals surface area contributed by atoms with Crippen molar-refractivity contribution in [2.24, 2.45) is 0 Å². The van der Waals surface area contributed by atoms with E-state index >= 15 is 0 Å². The molecule has 0 bridgehead atoms. The highest BCUT2D eigenvalue weighted by molar-refractivity contribution is 7.92. The Balaban J connectivity index is 1.61.